The van der Waals surface area contributed by atoms with Crippen LogP contribution in [0.2, 0.25) is 0 Å². The fraction of sp³-hybridized carbons (Fsp3) is 0.261. The van der Waals surface area contributed by atoms with E-state index in [0.717, 1.165) is 16.9 Å². The van der Waals surface area contributed by atoms with Crippen molar-refractivity contribution in [2.24, 2.45) is 5.73 Å². The number of nitrogens with two attached hydrogens (primary N) is 1. The first-order valence-corrected chi connectivity index (χ1v) is 11.2. The van der Waals surface area contributed by atoms with Gasteiger partial charge in [-0.05, 0) is 18.2 Å². The molecule has 1 aromatic carbocycles. The Morgan fingerprint density at radius 1 is 1.20 bits per heavy atom. The van der Waals surface area contributed by atoms with Crippen molar-refractivity contribution in [3.63, 3.8) is 0 Å². The fourth-order valence-corrected chi connectivity index (χ4v) is 3.61. The second-order valence-electron chi connectivity index (χ2n) is 7.83. The number of hydrogen-bond donors (Lipinski definition) is 3. The number of halogens is 6. The van der Waals surface area contributed by atoms with Gasteiger partial charge < -0.3 is 21.1 Å². The first-order valence-electron chi connectivity index (χ1n) is 11.2. The highest BCUT2D eigenvalue weighted by atomic mass is 35.5. The maximum absolute atomic E-state index is 14.7. The van der Waals surface area contributed by atoms with Crippen LogP contribution in [0.5, 0.6) is 0 Å². The van der Waals surface area contributed by atoms with E-state index in [9.17, 15) is 22.4 Å². The normalized spacial score (nSPS) is 10.9. The van der Waals surface area contributed by atoms with Crippen molar-refractivity contribution >= 4 is 47.9 Å². The van der Waals surface area contributed by atoms with E-state index in [1.807, 2.05) is 0 Å². The molecule has 11 nitrogen and oxygen atoms in total. The molecule has 0 radical (unpaired) electrons. The molecule has 40 heavy (non-hydrogen) atoms. The van der Waals surface area contributed by atoms with E-state index in [0.29, 0.717) is 13.2 Å². The summed E-state index contributed by atoms with van der Waals surface area (Å²) in [6, 6.07) is 5.57. The number of imidazole rings is 1. The third-order valence-electron chi connectivity index (χ3n) is 5.24. The van der Waals surface area contributed by atoms with Gasteiger partial charge in [-0.25, -0.2) is 14.4 Å². The van der Waals surface area contributed by atoms with E-state index < -0.39 is 23.6 Å². The second kappa shape index (κ2) is 13.9. The van der Waals surface area contributed by atoms with Crippen molar-refractivity contribution in [1.82, 2.24) is 29.5 Å². The number of anilines is 2. The van der Waals surface area contributed by atoms with Crippen molar-refractivity contribution in [2.45, 2.75) is 12.7 Å². The topological polar surface area (TPSA) is 148 Å². The van der Waals surface area contributed by atoms with Crippen LogP contribution in [0.1, 0.15) is 16.1 Å². The molecular weight excluding hydrogens is 581 g/mol. The van der Waals surface area contributed by atoms with E-state index in [4.69, 9.17) is 15.7 Å². The molecule has 0 spiro atoms. The Labute approximate surface area is 237 Å². The molecule has 0 aliphatic carbocycles. The molecule has 0 unspecified atom stereocenters. The lowest BCUT2D eigenvalue weighted by atomic mass is 10.1. The number of ether oxygens (including phenoxy) is 1. The molecule has 0 saturated carbocycles. The van der Waals surface area contributed by atoms with Gasteiger partial charge in [0, 0.05) is 37.4 Å². The lowest BCUT2D eigenvalue weighted by molar-refractivity contribution is -0.141. The second-order valence-corrected chi connectivity index (χ2v) is 7.83. The zero-order valence-electron chi connectivity index (χ0n) is 20.5. The molecule has 0 fully saturated rings. The number of carbonyl (C=O) groups is 1. The number of amides is 1. The van der Waals surface area contributed by atoms with Crippen LogP contribution in [0.4, 0.5) is 29.1 Å². The van der Waals surface area contributed by atoms with E-state index in [1.54, 1.807) is 6.07 Å². The predicted octanol–water partition coefficient (Wildman–Crippen LogP) is 3.57. The van der Waals surface area contributed by atoms with Crippen molar-refractivity contribution in [3.05, 3.63) is 60.1 Å². The van der Waals surface area contributed by atoms with Crippen LogP contribution in [-0.4, -0.2) is 56.4 Å². The minimum atomic E-state index is -4.77. The summed E-state index contributed by atoms with van der Waals surface area (Å²) in [6.07, 6.45) is 0.314. The highest BCUT2D eigenvalue weighted by Gasteiger charge is 2.38. The molecule has 0 bridgehead atoms. The van der Waals surface area contributed by atoms with Crippen molar-refractivity contribution in [3.8, 4) is 17.3 Å². The van der Waals surface area contributed by atoms with E-state index >= 15 is 0 Å². The van der Waals surface area contributed by atoms with Crippen molar-refractivity contribution in [2.75, 3.05) is 31.6 Å². The molecule has 3 heterocycles. The van der Waals surface area contributed by atoms with Crippen LogP contribution in [0.3, 0.4) is 0 Å². The van der Waals surface area contributed by atoms with E-state index in [-0.39, 0.29) is 78.5 Å². The number of nitrogens with zero attached hydrogens (tertiary/aromatic N) is 6. The quantitative estimate of drug-likeness (QED) is 0.184. The van der Waals surface area contributed by atoms with Crippen LogP contribution in [-0.2, 0) is 17.5 Å². The molecule has 3 aromatic heterocycles. The first kappa shape index (κ1) is 32.2. The standard InChI is InChI=1S/C23H21F4N9O2.2ClH/c24-17-11-14(1-2-15(17)22(37)31-6-10-38-9-4-29)33-20-21-32-12-18(36(21)8-5-30-20)16-13-35(7-3-28)34-19(16)23(25,26)27;;/h1-2,5,8,11-13H,4,6-7,9-10,29H2,(H,30,33)(H,31,37);2*1H. The van der Waals surface area contributed by atoms with E-state index in [1.165, 1.54) is 35.1 Å². The summed E-state index contributed by atoms with van der Waals surface area (Å²) in [5.74, 6) is -1.29. The Kier molecular flexibility index (Phi) is 11.2. The van der Waals surface area contributed by atoms with Gasteiger partial charge in [-0.3, -0.25) is 13.9 Å². The van der Waals surface area contributed by atoms with Gasteiger partial charge in [0.05, 0.1) is 42.3 Å². The average Bonchev–Trinajstić information content (AvgIpc) is 3.49. The van der Waals surface area contributed by atoms with Gasteiger partial charge in [-0.15, -0.1) is 24.8 Å². The summed E-state index contributed by atoms with van der Waals surface area (Å²) < 4.78 is 62.9. The summed E-state index contributed by atoms with van der Waals surface area (Å²) in [4.78, 5) is 20.6. The average molecular weight is 604 g/mol. The van der Waals surface area contributed by atoms with E-state index in [2.05, 4.69) is 25.7 Å². The summed E-state index contributed by atoms with van der Waals surface area (Å²) >= 11 is 0. The zero-order valence-corrected chi connectivity index (χ0v) is 22.1. The lowest BCUT2D eigenvalue weighted by Crippen LogP contribution is -2.28. The molecule has 4 N–H and O–H groups in total. The Balaban J connectivity index is 0.00000280. The molecule has 17 heteroatoms. The first-order chi connectivity index (χ1) is 18.2. The third-order valence-corrected chi connectivity index (χ3v) is 5.24. The van der Waals surface area contributed by atoms with Gasteiger partial charge in [-0.1, -0.05) is 0 Å². The largest absolute Gasteiger partial charge is 0.435 e. The SMILES string of the molecule is Cl.Cl.N#CCn1cc(-c2cnc3c(Nc4ccc(C(=O)NCCOCCN)c(F)c4)nccn23)c(C(F)(F)F)n1. The maximum atomic E-state index is 14.7. The maximum Gasteiger partial charge on any atom is 0.435 e. The van der Waals surface area contributed by atoms with Crippen molar-refractivity contribution in [1.29, 1.82) is 5.26 Å². The van der Waals surface area contributed by atoms with Gasteiger partial charge in [-0.2, -0.15) is 23.5 Å². The molecule has 0 aliphatic heterocycles. The van der Waals surface area contributed by atoms with Gasteiger partial charge in [0.15, 0.2) is 17.2 Å². The minimum Gasteiger partial charge on any atom is -0.378 e. The summed E-state index contributed by atoms with van der Waals surface area (Å²) in [5.41, 5.74) is 4.14. The molecule has 0 aliphatic rings. The number of benzene rings is 1. The zero-order chi connectivity index (χ0) is 27.3. The van der Waals surface area contributed by atoms with Crippen LogP contribution in [0.25, 0.3) is 16.9 Å². The van der Waals surface area contributed by atoms with Crippen LogP contribution in [0, 0.1) is 17.1 Å². The molecule has 4 rings (SSSR count). The van der Waals surface area contributed by atoms with Gasteiger partial charge in [0.2, 0.25) is 0 Å². The summed E-state index contributed by atoms with van der Waals surface area (Å²) in [7, 11) is 0. The number of alkyl halides is 3. The van der Waals surface area contributed by atoms with Gasteiger partial charge in [0.1, 0.15) is 12.4 Å². The number of rotatable bonds is 10. The Morgan fingerprint density at radius 3 is 2.65 bits per heavy atom. The Morgan fingerprint density at radius 2 is 1.98 bits per heavy atom. The van der Waals surface area contributed by atoms with Crippen LogP contribution < -0.4 is 16.4 Å². The smallest absolute Gasteiger partial charge is 0.378 e. The summed E-state index contributed by atoms with van der Waals surface area (Å²) in [6.45, 7) is 0.739. The Bertz CT molecular complexity index is 1500. The fourth-order valence-electron chi connectivity index (χ4n) is 3.61. The molecular formula is C23H23Cl2F4N9O2. The number of nitriles is 1. The molecule has 214 valence electrons. The monoisotopic (exact) mass is 603 g/mol. The van der Waals surface area contributed by atoms with Crippen LogP contribution in [0.15, 0.2) is 43.0 Å². The molecule has 0 atom stereocenters. The minimum absolute atomic E-state index is 0. The number of aromatic nitrogens is 5. The summed E-state index contributed by atoms with van der Waals surface area (Å²) in [5, 5.41) is 17.8. The number of hydrogen-bond acceptors (Lipinski definition) is 8. The number of carbonyl (C=O) groups excluding carboxylic acids is 1. The van der Waals surface area contributed by atoms with Crippen LogP contribution >= 0.6 is 24.8 Å². The third kappa shape index (κ3) is 7.16. The molecule has 1 amide bonds. The number of fused-ring (bicyclic) bond motifs is 1. The predicted molar refractivity (Wildman–Crippen MR) is 141 cm³/mol. The molecule has 4 aromatic rings. The number of nitrogens with one attached hydrogen (secondary N) is 2. The Hall–Kier alpha value is -3.97. The highest BCUT2D eigenvalue weighted by molar-refractivity contribution is 5.95. The highest BCUT2D eigenvalue weighted by Crippen LogP contribution is 2.36. The van der Waals surface area contributed by atoms with Gasteiger partial charge >= 0.3 is 6.18 Å². The molecule has 0 saturated heterocycles. The lowest BCUT2D eigenvalue weighted by Gasteiger charge is -2.10. The van der Waals surface area contributed by atoms with Crippen molar-refractivity contribution < 1.29 is 27.1 Å². The van der Waals surface area contributed by atoms with Gasteiger partial charge in [0.25, 0.3) is 5.91 Å².